The first-order chi connectivity index (χ1) is 10.3. The van der Waals surface area contributed by atoms with Crippen molar-refractivity contribution >= 4 is 5.97 Å². The monoisotopic (exact) mass is 298 g/mol. The van der Waals surface area contributed by atoms with Crippen LogP contribution in [0.1, 0.15) is 58.8 Å². The van der Waals surface area contributed by atoms with Gasteiger partial charge in [0.15, 0.2) is 0 Å². The van der Waals surface area contributed by atoms with E-state index in [1.165, 1.54) is 51.9 Å². The van der Waals surface area contributed by atoms with Gasteiger partial charge in [0.2, 0.25) is 0 Å². The predicted molar refractivity (Wildman–Crippen MR) is 87.4 cm³/mol. The number of unbranched alkanes of at least 4 members (excludes halogenated alkanes) is 2. The Morgan fingerprint density at radius 3 is 2.90 bits per heavy atom. The zero-order valence-electron chi connectivity index (χ0n) is 14.0. The van der Waals surface area contributed by atoms with Gasteiger partial charge in [-0.2, -0.15) is 0 Å². The van der Waals surface area contributed by atoms with E-state index in [2.05, 4.69) is 17.1 Å². The minimum atomic E-state index is -0.0439. The highest BCUT2D eigenvalue weighted by atomic mass is 16.5. The van der Waals surface area contributed by atoms with E-state index in [9.17, 15) is 4.79 Å². The molecule has 0 amide bonds. The van der Waals surface area contributed by atoms with Gasteiger partial charge in [-0.15, -0.1) is 0 Å². The molecule has 0 aliphatic carbocycles. The highest BCUT2D eigenvalue weighted by Crippen LogP contribution is 2.16. The average Bonchev–Trinajstić information content (AvgIpc) is 2.48. The van der Waals surface area contributed by atoms with E-state index >= 15 is 0 Å². The van der Waals surface area contributed by atoms with Crippen LogP contribution in [0.5, 0.6) is 0 Å². The van der Waals surface area contributed by atoms with Gasteiger partial charge in [0, 0.05) is 13.0 Å². The molecule has 0 aromatic rings. The van der Waals surface area contributed by atoms with Crippen molar-refractivity contribution in [3.05, 3.63) is 0 Å². The second-order valence-electron chi connectivity index (χ2n) is 6.13. The van der Waals surface area contributed by atoms with Gasteiger partial charge in [-0.05, 0) is 71.1 Å². The lowest BCUT2D eigenvalue weighted by Crippen LogP contribution is -2.40. The van der Waals surface area contributed by atoms with Crippen LogP contribution in [0, 0.1) is 5.92 Å². The fraction of sp³-hybridized carbons (Fsp3) is 0.941. The first-order valence-electron chi connectivity index (χ1n) is 8.85. The molecule has 1 atom stereocenters. The lowest BCUT2D eigenvalue weighted by atomic mass is 9.97. The molecule has 0 saturated carbocycles. The molecule has 1 rings (SSSR count). The molecular formula is C17H34N2O2. The number of nitrogens with zero attached hydrogens (tertiary/aromatic N) is 1. The Morgan fingerprint density at radius 2 is 2.14 bits per heavy atom. The van der Waals surface area contributed by atoms with Crippen molar-refractivity contribution in [1.29, 1.82) is 0 Å². The van der Waals surface area contributed by atoms with Crippen molar-refractivity contribution in [2.45, 2.75) is 58.8 Å². The summed E-state index contributed by atoms with van der Waals surface area (Å²) in [4.78, 5) is 13.8. The Bertz CT molecular complexity index is 272. The van der Waals surface area contributed by atoms with E-state index in [1.54, 1.807) is 0 Å². The van der Waals surface area contributed by atoms with Gasteiger partial charge in [-0.1, -0.05) is 13.3 Å². The van der Waals surface area contributed by atoms with Crippen LogP contribution in [0.3, 0.4) is 0 Å². The number of esters is 1. The summed E-state index contributed by atoms with van der Waals surface area (Å²) in [6.07, 6.45) is 7.81. The molecule has 1 saturated heterocycles. The standard InChI is InChI=1S/C17H34N2O2/c1-3-11-18-14-16-9-8-13-19(15-16)12-7-5-6-10-17(20)21-4-2/h16,18H,3-15H2,1-2H3. The average molecular weight is 298 g/mol. The highest BCUT2D eigenvalue weighted by Gasteiger charge is 2.18. The zero-order chi connectivity index (χ0) is 15.3. The smallest absolute Gasteiger partial charge is 0.305 e. The molecule has 1 unspecified atom stereocenters. The Kier molecular flexibility index (Phi) is 10.5. The maximum Gasteiger partial charge on any atom is 0.305 e. The lowest BCUT2D eigenvalue weighted by molar-refractivity contribution is -0.143. The van der Waals surface area contributed by atoms with Gasteiger partial charge >= 0.3 is 5.97 Å². The SMILES string of the molecule is CCCNCC1CCCN(CCCCCC(=O)OCC)C1. The lowest BCUT2D eigenvalue weighted by Gasteiger charge is -2.32. The number of hydrogen-bond donors (Lipinski definition) is 1. The van der Waals surface area contributed by atoms with E-state index in [1.807, 2.05) is 6.92 Å². The van der Waals surface area contributed by atoms with Crippen LogP contribution in [0.4, 0.5) is 0 Å². The maximum atomic E-state index is 11.2. The molecule has 0 aromatic heterocycles. The van der Waals surface area contributed by atoms with E-state index in [0.29, 0.717) is 13.0 Å². The molecule has 1 N–H and O–H groups in total. The van der Waals surface area contributed by atoms with Gasteiger partial charge in [-0.3, -0.25) is 4.79 Å². The zero-order valence-corrected chi connectivity index (χ0v) is 14.0. The minimum absolute atomic E-state index is 0.0439. The molecule has 1 fully saturated rings. The molecule has 0 aromatic carbocycles. The van der Waals surface area contributed by atoms with E-state index in [0.717, 1.165) is 25.3 Å². The van der Waals surface area contributed by atoms with Crippen LogP contribution in [0.2, 0.25) is 0 Å². The number of carbonyl (C=O) groups is 1. The van der Waals surface area contributed by atoms with Gasteiger partial charge in [0.25, 0.3) is 0 Å². The summed E-state index contributed by atoms with van der Waals surface area (Å²) >= 11 is 0. The molecule has 1 heterocycles. The summed E-state index contributed by atoms with van der Waals surface area (Å²) in [5.41, 5.74) is 0. The molecule has 1 aliphatic heterocycles. The molecule has 21 heavy (non-hydrogen) atoms. The number of carbonyl (C=O) groups excluding carboxylic acids is 1. The summed E-state index contributed by atoms with van der Waals surface area (Å²) in [5, 5.41) is 3.55. The minimum Gasteiger partial charge on any atom is -0.466 e. The van der Waals surface area contributed by atoms with Crippen molar-refractivity contribution in [3.63, 3.8) is 0 Å². The van der Waals surface area contributed by atoms with Crippen molar-refractivity contribution in [3.8, 4) is 0 Å². The number of likely N-dealkylation sites (tertiary alicyclic amines) is 1. The summed E-state index contributed by atoms with van der Waals surface area (Å²) < 4.78 is 4.94. The fourth-order valence-electron chi connectivity index (χ4n) is 3.02. The Hall–Kier alpha value is -0.610. The van der Waals surface area contributed by atoms with Gasteiger partial charge in [-0.25, -0.2) is 0 Å². The van der Waals surface area contributed by atoms with Crippen LogP contribution in [-0.4, -0.2) is 50.2 Å². The van der Waals surface area contributed by atoms with Crippen molar-refractivity contribution in [2.75, 3.05) is 39.3 Å². The Morgan fingerprint density at radius 1 is 1.29 bits per heavy atom. The Labute approximate surface area is 130 Å². The summed E-state index contributed by atoms with van der Waals surface area (Å²) in [6, 6.07) is 0. The maximum absolute atomic E-state index is 11.2. The van der Waals surface area contributed by atoms with Gasteiger partial charge in [0.1, 0.15) is 0 Å². The fourth-order valence-corrected chi connectivity index (χ4v) is 3.02. The van der Waals surface area contributed by atoms with Crippen LogP contribution >= 0.6 is 0 Å². The second-order valence-corrected chi connectivity index (χ2v) is 6.13. The summed E-state index contributed by atoms with van der Waals surface area (Å²) in [5.74, 6) is 0.780. The van der Waals surface area contributed by atoms with Crippen molar-refractivity contribution < 1.29 is 9.53 Å². The predicted octanol–water partition coefficient (Wildman–Crippen LogP) is 2.82. The van der Waals surface area contributed by atoms with Crippen molar-refractivity contribution in [1.82, 2.24) is 10.2 Å². The van der Waals surface area contributed by atoms with E-state index in [-0.39, 0.29) is 5.97 Å². The number of ether oxygens (including phenoxy) is 1. The van der Waals surface area contributed by atoms with Crippen LogP contribution in [0.25, 0.3) is 0 Å². The first-order valence-corrected chi connectivity index (χ1v) is 8.85. The Balaban J connectivity index is 2.02. The van der Waals surface area contributed by atoms with Crippen LogP contribution in [0.15, 0.2) is 0 Å². The van der Waals surface area contributed by atoms with Gasteiger partial charge < -0.3 is 15.0 Å². The topological polar surface area (TPSA) is 41.6 Å². The molecular weight excluding hydrogens is 264 g/mol. The third-order valence-corrected chi connectivity index (χ3v) is 4.12. The molecule has 4 heteroatoms. The summed E-state index contributed by atoms with van der Waals surface area (Å²) in [7, 11) is 0. The number of piperidine rings is 1. The molecule has 1 aliphatic rings. The number of hydrogen-bond acceptors (Lipinski definition) is 4. The first kappa shape index (κ1) is 18.4. The largest absolute Gasteiger partial charge is 0.466 e. The normalized spacial score (nSPS) is 19.6. The van der Waals surface area contributed by atoms with Crippen molar-refractivity contribution in [2.24, 2.45) is 5.92 Å². The molecule has 0 spiro atoms. The molecule has 0 bridgehead atoms. The van der Waals surface area contributed by atoms with E-state index < -0.39 is 0 Å². The second kappa shape index (κ2) is 12.0. The highest BCUT2D eigenvalue weighted by molar-refractivity contribution is 5.69. The van der Waals surface area contributed by atoms with Gasteiger partial charge in [0.05, 0.1) is 6.61 Å². The molecule has 4 nitrogen and oxygen atoms in total. The third kappa shape index (κ3) is 9.10. The number of rotatable bonds is 11. The number of nitrogens with one attached hydrogen (secondary N) is 1. The third-order valence-electron chi connectivity index (χ3n) is 4.12. The van der Waals surface area contributed by atoms with E-state index in [4.69, 9.17) is 4.74 Å². The van der Waals surface area contributed by atoms with Crippen LogP contribution < -0.4 is 5.32 Å². The molecule has 124 valence electrons. The quantitative estimate of drug-likeness (QED) is 0.470. The summed E-state index contributed by atoms with van der Waals surface area (Å²) in [6.45, 7) is 10.6. The van der Waals surface area contributed by atoms with Crippen LogP contribution in [-0.2, 0) is 9.53 Å². The molecule has 0 radical (unpaired) electrons.